The Morgan fingerprint density at radius 1 is 0.932 bits per heavy atom. The van der Waals surface area contributed by atoms with Crippen LogP contribution in [0.5, 0.6) is 11.5 Å². The van der Waals surface area contributed by atoms with Crippen molar-refractivity contribution in [3.63, 3.8) is 0 Å². The lowest BCUT2D eigenvalue weighted by molar-refractivity contribution is -0.133. The second kappa shape index (κ2) is 13.1. The maximum atomic E-state index is 15.1. The summed E-state index contributed by atoms with van der Waals surface area (Å²) >= 11 is 0. The molecule has 1 saturated heterocycles. The van der Waals surface area contributed by atoms with Gasteiger partial charge in [-0.1, -0.05) is 18.2 Å². The van der Waals surface area contributed by atoms with Gasteiger partial charge in [0, 0.05) is 44.7 Å². The second-order valence-electron chi connectivity index (χ2n) is 11.2. The topological polar surface area (TPSA) is 107 Å². The third kappa shape index (κ3) is 6.89. The first kappa shape index (κ1) is 29.7. The minimum Gasteiger partial charge on any atom is -0.452 e. The van der Waals surface area contributed by atoms with Crippen LogP contribution in [0.25, 0.3) is 11.2 Å². The SMILES string of the molecule is O=C(Cc1ccc(F)cc1)C1(C(=O)Cc2ccc(Oc3ccnc4nc(NCCCN5CCOCC5)cnc34)c(F)c2)CC1. The van der Waals surface area contributed by atoms with Gasteiger partial charge in [-0.25, -0.2) is 23.7 Å². The van der Waals surface area contributed by atoms with Crippen LogP contribution in [-0.4, -0.2) is 70.8 Å². The fourth-order valence-electron chi connectivity index (χ4n) is 5.41. The number of anilines is 1. The number of pyridine rings is 1. The lowest BCUT2D eigenvalue weighted by Gasteiger charge is -2.26. The fraction of sp³-hybridized carbons (Fsp3) is 0.364. The van der Waals surface area contributed by atoms with E-state index in [1.807, 2.05) is 0 Å². The maximum Gasteiger partial charge on any atom is 0.184 e. The fourth-order valence-corrected chi connectivity index (χ4v) is 5.41. The largest absolute Gasteiger partial charge is 0.452 e. The molecule has 9 nitrogen and oxygen atoms in total. The molecule has 2 fully saturated rings. The Morgan fingerprint density at radius 2 is 1.66 bits per heavy atom. The van der Waals surface area contributed by atoms with Crippen molar-refractivity contribution in [3.05, 3.63) is 83.7 Å². The van der Waals surface area contributed by atoms with Gasteiger partial charge in [-0.05, 0) is 61.2 Å². The number of carbonyl (C=O) groups is 2. The van der Waals surface area contributed by atoms with Crippen molar-refractivity contribution in [2.24, 2.45) is 5.41 Å². The number of nitrogens with zero attached hydrogens (tertiary/aromatic N) is 4. The number of ketones is 2. The van der Waals surface area contributed by atoms with Gasteiger partial charge in [-0.3, -0.25) is 14.5 Å². The molecular weight excluding hydrogens is 568 g/mol. The Kier molecular flexibility index (Phi) is 8.85. The number of hydrogen-bond donors (Lipinski definition) is 1. The molecule has 11 heteroatoms. The molecule has 0 amide bonds. The summed E-state index contributed by atoms with van der Waals surface area (Å²) < 4.78 is 39.6. The van der Waals surface area contributed by atoms with Crippen LogP contribution in [0, 0.1) is 17.0 Å². The number of morpholine rings is 1. The van der Waals surface area contributed by atoms with E-state index in [1.165, 1.54) is 30.5 Å². The van der Waals surface area contributed by atoms with Gasteiger partial charge in [-0.2, -0.15) is 0 Å². The average molecular weight is 602 g/mol. The molecule has 1 aliphatic heterocycles. The van der Waals surface area contributed by atoms with Crippen molar-refractivity contribution in [3.8, 4) is 11.5 Å². The third-order valence-electron chi connectivity index (χ3n) is 8.15. The quantitative estimate of drug-likeness (QED) is 0.169. The van der Waals surface area contributed by atoms with E-state index in [1.54, 1.807) is 30.5 Å². The third-order valence-corrected chi connectivity index (χ3v) is 8.15. The minimum atomic E-state index is -1.05. The zero-order chi connectivity index (χ0) is 30.5. The molecule has 1 saturated carbocycles. The Bertz CT molecular complexity index is 1660. The van der Waals surface area contributed by atoms with Crippen molar-refractivity contribution < 1.29 is 27.8 Å². The van der Waals surface area contributed by atoms with Crippen molar-refractivity contribution in [1.29, 1.82) is 0 Å². The highest BCUT2D eigenvalue weighted by Gasteiger charge is 2.54. The smallest absolute Gasteiger partial charge is 0.184 e. The summed E-state index contributed by atoms with van der Waals surface area (Å²) in [5.74, 6) is -0.597. The Balaban J connectivity index is 1.06. The van der Waals surface area contributed by atoms with E-state index in [9.17, 15) is 14.0 Å². The molecule has 44 heavy (non-hydrogen) atoms. The number of fused-ring (bicyclic) bond motifs is 1. The van der Waals surface area contributed by atoms with Crippen LogP contribution in [0.2, 0.25) is 0 Å². The highest BCUT2D eigenvalue weighted by Crippen LogP contribution is 2.49. The van der Waals surface area contributed by atoms with Crippen molar-refractivity contribution >= 4 is 28.5 Å². The molecule has 2 aromatic heterocycles. The van der Waals surface area contributed by atoms with Crippen LogP contribution in [0.1, 0.15) is 30.4 Å². The zero-order valence-electron chi connectivity index (χ0n) is 24.2. The highest BCUT2D eigenvalue weighted by molar-refractivity contribution is 6.10. The number of benzene rings is 2. The molecule has 2 aromatic carbocycles. The molecule has 0 spiro atoms. The first-order valence-electron chi connectivity index (χ1n) is 14.8. The average Bonchev–Trinajstić information content (AvgIpc) is 3.85. The van der Waals surface area contributed by atoms with Crippen LogP contribution in [-0.2, 0) is 27.2 Å². The Labute approximate surface area is 253 Å². The van der Waals surface area contributed by atoms with Crippen LogP contribution in [0.3, 0.4) is 0 Å². The molecule has 4 aromatic rings. The van der Waals surface area contributed by atoms with Crippen molar-refractivity contribution in [2.75, 3.05) is 44.7 Å². The summed E-state index contributed by atoms with van der Waals surface area (Å²) in [5.41, 5.74) is 0.807. The van der Waals surface area contributed by atoms with E-state index in [-0.39, 0.29) is 36.0 Å². The number of ether oxygens (including phenoxy) is 2. The molecule has 0 bridgehead atoms. The normalized spacial score (nSPS) is 16.0. The number of nitrogens with one attached hydrogen (secondary N) is 1. The molecule has 2 aliphatic rings. The lowest BCUT2D eigenvalue weighted by Crippen LogP contribution is -2.37. The number of carbonyl (C=O) groups excluding carboxylic acids is 2. The lowest BCUT2D eigenvalue weighted by atomic mass is 9.88. The van der Waals surface area contributed by atoms with Gasteiger partial charge in [-0.15, -0.1) is 0 Å². The number of halogens is 2. The summed E-state index contributed by atoms with van der Waals surface area (Å²) in [4.78, 5) is 41.7. The van der Waals surface area contributed by atoms with E-state index in [2.05, 4.69) is 25.2 Å². The summed E-state index contributed by atoms with van der Waals surface area (Å²) in [6, 6.07) is 11.6. The number of hydrogen-bond acceptors (Lipinski definition) is 9. The highest BCUT2D eigenvalue weighted by atomic mass is 19.1. The van der Waals surface area contributed by atoms with E-state index in [4.69, 9.17) is 9.47 Å². The predicted octanol–water partition coefficient (Wildman–Crippen LogP) is 4.93. The predicted molar refractivity (Wildman–Crippen MR) is 160 cm³/mol. The molecule has 1 aliphatic carbocycles. The molecule has 6 rings (SSSR count). The van der Waals surface area contributed by atoms with Crippen LogP contribution in [0.4, 0.5) is 14.6 Å². The molecule has 0 atom stereocenters. The summed E-state index contributed by atoms with van der Waals surface area (Å²) in [7, 11) is 0. The minimum absolute atomic E-state index is 0.0330. The first-order chi connectivity index (χ1) is 21.4. The van der Waals surface area contributed by atoms with Gasteiger partial charge in [0.2, 0.25) is 0 Å². The van der Waals surface area contributed by atoms with Crippen LogP contribution < -0.4 is 10.1 Å². The number of Topliss-reactive ketones (excluding diaryl/α,β-unsaturated/α-hetero) is 2. The maximum absolute atomic E-state index is 15.1. The molecular formula is C33H33F2N5O4. The van der Waals surface area contributed by atoms with Crippen molar-refractivity contribution in [2.45, 2.75) is 32.1 Å². The number of rotatable bonds is 13. The van der Waals surface area contributed by atoms with Crippen LogP contribution in [0.15, 0.2) is 60.9 Å². The van der Waals surface area contributed by atoms with E-state index >= 15 is 4.39 Å². The Hall–Kier alpha value is -4.35. The standard InChI is InChI=1S/C33H33F2N5O4/c34-24-5-2-22(3-6-24)19-28(41)33(9-10-33)29(42)20-23-4-7-26(25(35)18-23)44-27-8-12-37-32-31(27)38-21-30(39-32)36-11-1-13-40-14-16-43-17-15-40/h2-8,12,18,21H,1,9-11,13-17,19-20H2,(H,36,37,39). The van der Waals surface area contributed by atoms with Gasteiger partial charge in [0.15, 0.2) is 40.0 Å². The van der Waals surface area contributed by atoms with Crippen LogP contribution >= 0.6 is 0 Å². The molecule has 3 heterocycles. The molecule has 0 unspecified atom stereocenters. The van der Waals surface area contributed by atoms with Gasteiger partial charge in [0.25, 0.3) is 0 Å². The molecule has 1 N–H and O–H groups in total. The van der Waals surface area contributed by atoms with Crippen molar-refractivity contribution in [1.82, 2.24) is 19.9 Å². The monoisotopic (exact) mass is 601 g/mol. The zero-order valence-corrected chi connectivity index (χ0v) is 24.2. The first-order valence-corrected chi connectivity index (χ1v) is 14.8. The molecule has 228 valence electrons. The second-order valence-corrected chi connectivity index (χ2v) is 11.2. The summed E-state index contributed by atoms with van der Waals surface area (Å²) in [5, 5.41) is 3.28. The summed E-state index contributed by atoms with van der Waals surface area (Å²) in [6.45, 7) is 5.16. The number of aromatic nitrogens is 3. The van der Waals surface area contributed by atoms with Gasteiger partial charge < -0.3 is 14.8 Å². The Morgan fingerprint density at radius 3 is 2.39 bits per heavy atom. The van der Waals surface area contributed by atoms with E-state index < -0.39 is 11.2 Å². The van der Waals surface area contributed by atoms with Gasteiger partial charge in [0.1, 0.15) is 11.6 Å². The van der Waals surface area contributed by atoms with E-state index in [0.29, 0.717) is 46.7 Å². The molecule has 0 radical (unpaired) electrons. The van der Waals surface area contributed by atoms with Gasteiger partial charge >= 0.3 is 0 Å². The summed E-state index contributed by atoms with van der Waals surface area (Å²) in [6.07, 6.45) is 5.00. The van der Waals surface area contributed by atoms with Gasteiger partial charge in [0.05, 0.1) is 24.8 Å². The van der Waals surface area contributed by atoms with E-state index in [0.717, 1.165) is 45.8 Å².